The monoisotopic (exact) mass is 295 g/mol. The van der Waals surface area contributed by atoms with Crippen molar-refractivity contribution in [1.29, 1.82) is 0 Å². The average molecular weight is 295 g/mol. The highest BCUT2D eigenvalue weighted by Gasteiger charge is 2.21. The van der Waals surface area contributed by atoms with Gasteiger partial charge in [0.1, 0.15) is 5.69 Å². The molecule has 1 aromatic carbocycles. The van der Waals surface area contributed by atoms with Crippen LogP contribution < -0.4 is 10.2 Å². The Bertz CT molecular complexity index is 662. The Morgan fingerprint density at radius 2 is 2.14 bits per heavy atom. The number of anilines is 2. The first-order valence-electron chi connectivity index (χ1n) is 7.78. The molecule has 3 rings (SSSR count). The van der Waals surface area contributed by atoms with Crippen LogP contribution >= 0.6 is 0 Å². The van der Waals surface area contributed by atoms with Gasteiger partial charge in [0.25, 0.3) is 5.91 Å². The second-order valence-corrected chi connectivity index (χ2v) is 5.74. The number of aryl methyl sites for hydroxylation is 1. The van der Waals surface area contributed by atoms with E-state index >= 15 is 0 Å². The van der Waals surface area contributed by atoms with Crippen molar-refractivity contribution >= 4 is 17.3 Å². The number of carbonyl (C=O) groups is 1. The van der Waals surface area contributed by atoms with E-state index in [0.717, 1.165) is 16.9 Å². The smallest absolute Gasteiger partial charge is 0.276 e. The van der Waals surface area contributed by atoms with E-state index in [2.05, 4.69) is 10.3 Å². The zero-order chi connectivity index (χ0) is 15.5. The van der Waals surface area contributed by atoms with Gasteiger partial charge in [0.15, 0.2) is 0 Å². The summed E-state index contributed by atoms with van der Waals surface area (Å²) in [6.07, 6.45) is 4.19. The molecule has 1 N–H and O–H groups in total. The first kappa shape index (κ1) is 14.6. The standard InChI is InChI=1S/C18H21N3O/c1-3-21(16-6-4-5-13(2)11-16)18(22)17-10-9-15(12-19-17)20-14-7-8-14/h4-6,9-12,14,20H,3,7-8H2,1-2H3. The van der Waals surface area contributed by atoms with E-state index in [-0.39, 0.29) is 5.91 Å². The Morgan fingerprint density at radius 3 is 2.73 bits per heavy atom. The molecule has 1 saturated carbocycles. The van der Waals surface area contributed by atoms with Gasteiger partial charge in [-0.25, -0.2) is 4.98 Å². The Hall–Kier alpha value is -2.36. The summed E-state index contributed by atoms with van der Waals surface area (Å²) >= 11 is 0. The zero-order valence-electron chi connectivity index (χ0n) is 13.0. The SMILES string of the molecule is CCN(C(=O)c1ccc(NC2CC2)cn1)c1cccc(C)c1. The molecule has 1 heterocycles. The fourth-order valence-electron chi connectivity index (χ4n) is 2.45. The lowest BCUT2D eigenvalue weighted by Crippen LogP contribution is -2.31. The molecule has 0 spiro atoms. The highest BCUT2D eigenvalue weighted by atomic mass is 16.2. The number of hydrogen-bond donors (Lipinski definition) is 1. The van der Waals surface area contributed by atoms with Gasteiger partial charge in [-0.15, -0.1) is 0 Å². The van der Waals surface area contributed by atoms with Crippen molar-refractivity contribution in [3.63, 3.8) is 0 Å². The summed E-state index contributed by atoms with van der Waals surface area (Å²) in [5.41, 5.74) is 3.51. The molecule has 4 nitrogen and oxygen atoms in total. The second-order valence-electron chi connectivity index (χ2n) is 5.74. The fourth-order valence-corrected chi connectivity index (χ4v) is 2.45. The number of rotatable bonds is 5. The number of benzene rings is 1. The molecule has 4 heteroatoms. The third kappa shape index (κ3) is 3.27. The number of nitrogens with zero attached hydrogens (tertiary/aromatic N) is 2. The maximum atomic E-state index is 12.7. The van der Waals surface area contributed by atoms with E-state index in [4.69, 9.17) is 0 Å². The number of pyridine rings is 1. The molecule has 0 atom stereocenters. The predicted molar refractivity (Wildman–Crippen MR) is 89.4 cm³/mol. The lowest BCUT2D eigenvalue weighted by atomic mass is 10.2. The van der Waals surface area contributed by atoms with E-state index in [0.29, 0.717) is 18.3 Å². The van der Waals surface area contributed by atoms with Gasteiger partial charge in [0, 0.05) is 18.3 Å². The predicted octanol–water partition coefficient (Wildman–Crippen LogP) is 3.63. The molecule has 1 aliphatic rings. The number of amides is 1. The molecule has 1 aliphatic carbocycles. The van der Waals surface area contributed by atoms with Crippen molar-refractivity contribution in [2.45, 2.75) is 32.7 Å². The Balaban J connectivity index is 1.78. The lowest BCUT2D eigenvalue weighted by molar-refractivity contribution is 0.0983. The molecule has 0 radical (unpaired) electrons. The van der Waals surface area contributed by atoms with Crippen LogP contribution in [0.15, 0.2) is 42.6 Å². The molecule has 2 aromatic rings. The Morgan fingerprint density at radius 1 is 1.32 bits per heavy atom. The van der Waals surface area contributed by atoms with Crippen molar-refractivity contribution in [3.05, 3.63) is 53.9 Å². The highest BCUT2D eigenvalue weighted by molar-refractivity contribution is 6.04. The minimum absolute atomic E-state index is 0.0638. The van der Waals surface area contributed by atoms with Gasteiger partial charge in [0.05, 0.1) is 11.9 Å². The van der Waals surface area contributed by atoms with Crippen LogP contribution in [0.25, 0.3) is 0 Å². The van der Waals surface area contributed by atoms with Gasteiger partial charge >= 0.3 is 0 Å². The van der Waals surface area contributed by atoms with Crippen molar-refractivity contribution in [2.75, 3.05) is 16.8 Å². The molecule has 0 unspecified atom stereocenters. The van der Waals surface area contributed by atoms with Gasteiger partial charge in [-0.3, -0.25) is 4.79 Å². The van der Waals surface area contributed by atoms with Gasteiger partial charge < -0.3 is 10.2 Å². The summed E-state index contributed by atoms with van der Waals surface area (Å²) in [6, 6.07) is 12.3. The molecular weight excluding hydrogens is 274 g/mol. The fraction of sp³-hybridized carbons (Fsp3) is 0.333. The molecule has 1 aromatic heterocycles. The van der Waals surface area contributed by atoms with E-state index in [1.165, 1.54) is 12.8 Å². The molecule has 1 amide bonds. The Kier molecular flexibility index (Phi) is 4.09. The van der Waals surface area contributed by atoms with Crippen molar-refractivity contribution in [1.82, 2.24) is 4.98 Å². The number of hydrogen-bond acceptors (Lipinski definition) is 3. The quantitative estimate of drug-likeness (QED) is 0.916. The summed E-state index contributed by atoms with van der Waals surface area (Å²) in [6.45, 7) is 4.62. The minimum Gasteiger partial charge on any atom is -0.381 e. The van der Waals surface area contributed by atoms with Gasteiger partial charge in [-0.05, 0) is 56.5 Å². The van der Waals surface area contributed by atoms with Crippen molar-refractivity contribution in [3.8, 4) is 0 Å². The molecule has 0 bridgehead atoms. The number of aromatic nitrogens is 1. The van der Waals surface area contributed by atoms with Crippen LogP contribution in [0.2, 0.25) is 0 Å². The minimum atomic E-state index is -0.0638. The van der Waals surface area contributed by atoms with E-state index in [1.54, 1.807) is 17.2 Å². The number of nitrogens with one attached hydrogen (secondary N) is 1. The van der Waals surface area contributed by atoms with Crippen LogP contribution in [0.3, 0.4) is 0 Å². The number of carbonyl (C=O) groups excluding carboxylic acids is 1. The first-order valence-corrected chi connectivity index (χ1v) is 7.78. The maximum Gasteiger partial charge on any atom is 0.276 e. The summed E-state index contributed by atoms with van der Waals surface area (Å²) in [4.78, 5) is 18.8. The van der Waals surface area contributed by atoms with Crippen LogP contribution in [-0.2, 0) is 0 Å². The van der Waals surface area contributed by atoms with Crippen LogP contribution in [0, 0.1) is 6.92 Å². The zero-order valence-corrected chi connectivity index (χ0v) is 13.0. The first-order chi connectivity index (χ1) is 10.7. The van der Waals surface area contributed by atoms with Crippen LogP contribution in [0.5, 0.6) is 0 Å². The van der Waals surface area contributed by atoms with Crippen LogP contribution in [0.4, 0.5) is 11.4 Å². The summed E-state index contributed by atoms with van der Waals surface area (Å²) in [5, 5.41) is 3.38. The third-order valence-electron chi connectivity index (χ3n) is 3.81. The molecule has 0 aliphatic heterocycles. The normalized spacial score (nSPS) is 13.7. The largest absolute Gasteiger partial charge is 0.381 e. The van der Waals surface area contributed by atoms with Crippen LogP contribution in [0.1, 0.15) is 35.8 Å². The molecule has 22 heavy (non-hydrogen) atoms. The second kappa shape index (κ2) is 6.18. The molecule has 1 fully saturated rings. The Labute approximate surface area is 131 Å². The molecular formula is C18H21N3O. The third-order valence-corrected chi connectivity index (χ3v) is 3.81. The van der Waals surface area contributed by atoms with E-state index < -0.39 is 0 Å². The summed E-state index contributed by atoms with van der Waals surface area (Å²) in [5.74, 6) is -0.0638. The summed E-state index contributed by atoms with van der Waals surface area (Å²) < 4.78 is 0. The van der Waals surface area contributed by atoms with Gasteiger partial charge in [0.2, 0.25) is 0 Å². The highest BCUT2D eigenvalue weighted by Crippen LogP contribution is 2.24. The van der Waals surface area contributed by atoms with Crippen LogP contribution in [-0.4, -0.2) is 23.5 Å². The average Bonchev–Trinajstić information content (AvgIpc) is 3.33. The van der Waals surface area contributed by atoms with Gasteiger partial charge in [-0.2, -0.15) is 0 Å². The summed E-state index contributed by atoms with van der Waals surface area (Å²) in [7, 11) is 0. The van der Waals surface area contributed by atoms with Crippen molar-refractivity contribution < 1.29 is 4.79 Å². The van der Waals surface area contributed by atoms with Crippen molar-refractivity contribution in [2.24, 2.45) is 0 Å². The maximum absolute atomic E-state index is 12.7. The van der Waals surface area contributed by atoms with E-state index in [1.807, 2.05) is 44.2 Å². The lowest BCUT2D eigenvalue weighted by Gasteiger charge is -2.21. The molecule has 0 saturated heterocycles. The topological polar surface area (TPSA) is 45.2 Å². The van der Waals surface area contributed by atoms with Gasteiger partial charge in [-0.1, -0.05) is 12.1 Å². The molecule has 114 valence electrons. The van der Waals surface area contributed by atoms with E-state index in [9.17, 15) is 4.79 Å².